The summed E-state index contributed by atoms with van der Waals surface area (Å²) in [5.74, 6) is -0.0780. The highest BCUT2D eigenvalue weighted by Gasteiger charge is 2.25. The molecule has 8 heteroatoms. The van der Waals surface area contributed by atoms with Gasteiger partial charge >= 0.3 is 0 Å². The van der Waals surface area contributed by atoms with Crippen LogP contribution in [0.15, 0.2) is 48.5 Å². The summed E-state index contributed by atoms with van der Waals surface area (Å²) < 4.78 is 0. The van der Waals surface area contributed by atoms with Crippen molar-refractivity contribution in [2.75, 3.05) is 31.1 Å². The molecule has 8 nitrogen and oxygen atoms in total. The average Bonchev–Trinajstić information content (AvgIpc) is 3.12. The third-order valence-corrected chi connectivity index (χ3v) is 4.67. The number of non-ortho nitro benzene ring substituents is 1. The minimum Gasteiger partial charge on any atom is -0.368 e. The number of hydrogen-bond acceptors (Lipinski definition) is 5. The number of nitro groups is 1. The van der Waals surface area contributed by atoms with E-state index in [9.17, 15) is 14.9 Å². The lowest BCUT2D eigenvalue weighted by Crippen LogP contribution is -2.48. The number of fused-ring (bicyclic) bond motifs is 1. The first-order valence-electron chi connectivity index (χ1n) is 8.35. The average molecular weight is 351 g/mol. The van der Waals surface area contributed by atoms with Gasteiger partial charge in [-0.25, -0.2) is 0 Å². The number of anilines is 1. The Morgan fingerprint density at radius 2 is 1.73 bits per heavy atom. The first kappa shape index (κ1) is 16.1. The summed E-state index contributed by atoms with van der Waals surface area (Å²) in [7, 11) is 0. The number of H-pyrrole nitrogens is 1. The first-order valence-corrected chi connectivity index (χ1v) is 8.35. The molecule has 0 saturated carbocycles. The molecular weight excluding hydrogens is 334 g/mol. The molecule has 0 unspecified atom stereocenters. The van der Waals surface area contributed by atoms with Crippen molar-refractivity contribution in [2.24, 2.45) is 0 Å². The summed E-state index contributed by atoms with van der Waals surface area (Å²) in [4.78, 5) is 27.0. The molecule has 0 atom stereocenters. The lowest BCUT2D eigenvalue weighted by Gasteiger charge is -2.35. The number of nitrogens with one attached hydrogen (secondary N) is 1. The number of aromatic nitrogens is 2. The Hall–Kier alpha value is -3.42. The van der Waals surface area contributed by atoms with E-state index in [1.807, 2.05) is 24.3 Å². The van der Waals surface area contributed by atoms with E-state index < -0.39 is 4.92 Å². The molecule has 1 saturated heterocycles. The molecule has 2 aromatic carbocycles. The molecule has 0 bridgehead atoms. The van der Waals surface area contributed by atoms with Gasteiger partial charge in [0.05, 0.1) is 10.4 Å². The number of nitro benzene ring substituents is 1. The number of carbonyl (C=O) groups is 1. The molecule has 1 aliphatic heterocycles. The zero-order chi connectivity index (χ0) is 18.1. The van der Waals surface area contributed by atoms with Crippen LogP contribution in [0.5, 0.6) is 0 Å². The van der Waals surface area contributed by atoms with Gasteiger partial charge in [0.15, 0.2) is 5.69 Å². The quantitative estimate of drug-likeness (QED) is 0.577. The van der Waals surface area contributed by atoms with Crippen LogP contribution in [0.4, 0.5) is 11.4 Å². The number of nitrogens with zero attached hydrogens (tertiary/aromatic N) is 4. The summed E-state index contributed by atoms with van der Waals surface area (Å²) in [5.41, 5.74) is 2.30. The van der Waals surface area contributed by atoms with Gasteiger partial charge in [0.1, 0.15) is 0 Å². The molecule has 1 fully saturated rings. The standard InChI is InChI=1S/C18H17N5O3/c24-18(17-15-3-1-2-4-16(15)19-20-17)22-11-9-21(10-12-22)13-5-7-14(8-6-13)23(25)26/h1-8H,9-12H2,(H,19,20). The first-order chi connectivity index (χ1) is 12.6. The summed E-state index contributed by atoms with van der Waals surface area (Å²) in [6.45, 7) is 2.51. The van der Waals surface area contributed by atoms with Crippen LogP contribution >= 0.6 is 0 Å². The molecule has 0 aliphatic carbocycles. The molecule has 0 spiro atoms. The maximum absolute atomic E-state index is 12.8. The van der Waals surface area contributed by atoms with E-state index >= 15 is 0 Å². The van der Waals surface area contributed by atoms with Gasteiger partial charge in [-0.15, -0.1) is 0 Å². The Kier molecular flexibility index (Phi) is 4.00. The maximum Gasteiger partial charge on any atom is 0.275 e. The van der Waals surface area contributed by atoms with Crippen molar-refractivity contribution in [3.05, 3.63) is 64.3 Å². The number of piperazine rings is 1. The number of rotatable bonds is 3. The zero-order valence-corrected chi connectivity index (χ0v) is 14.0. The van der Waals surface area contributed by atoms with E-state index in [0.717, 1.165) is 16.6 Å². The Morgan fingerprint density at radius 3 is 2.42 bits per heavy atom. The summed E-state index contributed by atoms with van der Waals surface area (Å²) in [6, 6.07) is 14.1. The van der Waals surface area contributed by atoms with Crippen LogP contribution in [0.1, 0.15) is 10.5 Å². The largest absolute Gasteiger partial charge is 0.368 e. The monoisotopic (exact) mass is 351 g/mol. The van der Waals surface area contributed by atoms with E-state index in [1.54, 1.807) is 17.0 Å². The molecule has 1 amide bonds. The van der Waals surface area contributed by atoms with Crippen molar-refractivity contribution in [1.29, 1.82) is 0 Å². The van der Waals surface area contributed by atoms with Gasteiger partial charge in [0.25, 0.3) is 11.6 Å². The number of para-hydroxylation sites is 1. The van der Waals surface area contributed by atoms with Crippen molar-refractivity contribution < 1.29 is 9.72 Å². The molecule has 26 heavy (non-hydrogen) atoms. The van der Waals surface area contributed by atoms with Gasteiger partial charge in [-0.1, -0.05) is 18.2 Å². The molecule has 132 valence electrons. The van der Waals surface area contributed by atoms with E-state index in [-0.39, 0.29) is 11.6 Å². The van der Waals surface area contributed by atoms with E-state index in [1.165, 1.54) is 12.1 Å². The lowest BCUT2D eigenvalue weighted by atomic mass is 10.1. The Labute approximate surface area is 149 Å². The predicted molar refractivity (Wildman–Crippen MR) is 97.3 cm³/mol. The highest BCUT2D eigenvalue weighted by molar-refractivity contribution is 6.04. The number of aromatic amines is 1. The topological polar surface area (TPSA) is 95.4 Å². The van der Waals surface area contributed by atoms with Gasteiger partial charge in [0.2, 0.25) is 0 Å². The van der Waals surface area contributed by atoms with E-state index in [2.05, 4.69) is 15.1 Å². The normalized spacial score (nSPS) is 14.6. The van der Waals surface area contributed by atoms with Crippen LogP contribution in [0.3, 0.4) is 0 Å². The second-order valence-corrected chi connectivity index (χ2v) is 6.17. The predicted octanol–water partition coefficient (Wildman–Crippen LogP) is 2.43. The third kappa shape index (κ3) is 2.85. The summed E-state index contributed by atoms with van der Waals surface area (Å²) in [5, 5.41) is 18.7. The molecule has 3 aromatic rings. The summed E-state index contributed by atoms with van der Waals surface area (Å²) >= 11 is 0. The van der Waals surface area contributed by atoms with Gasteiger partial charge in [-0.3, -0.25) is 20.0 Å². The fourth-order valence-corrected chi connectivity index (χ4v) is 3.23. The van der Waals surface area contributed by atoms with Gasteiger partial charge < -0.3 is 9.80 Å². The maximum atomic E-state index is 12.8. The molecule has 0 radical (unpaired) electrons. The van der Waals surface area contributed by atoms with Crippen LogP contribution in [0, 0.1) is 10.1 Å². The van der Waals surface area contributed by atoms with Crippen LogP contribution in [0.2, 0.25) is 0 Å². The second-order valence-electron chi connectivity index (χ2n) is 6.17. The molecule has 2 heterocycles. The third-order valence-electron chi connectivity index (χ3n) is 4.67. The van der Waals surface area contributed by atoms with Crippen LogP contribution < -0.4 is 4.90 Å². The van der Waals surface area contributed by atoms with Crippen molar-refractivity contribution in [1.82, 2.24) is 15.1 Å². The molecule has 1 aromatic heterocycles. The van der Waals surface area contributed by atoms with Crippen LogP contribution in [0.25, 0.3) is 10.9 Å². The number of amides is 1. The lowest BCUT2D eigenvalue weighted by molar-refractivity contribution is -0.384. The van der Waals surface area contributed by atoms with Crippen LogP contribution in [-0.2, 0) is 0 Å². The van der Waals surface area contributed by atoms with Crippen LogP contribution in [-0.4, -0.2) is 52.1 Å². The Morgan fingerprint density at radius 1 is 1.04 bits per heavy atom. The van der Waals surface area contributed by atoms with Crippen molar-refractivity contribution in [3.63, 3.8) is 0 Å². The van der Waals surface area contributed by atoms with Crippen molar-refractivity contribution >= 4 is 28.2 Å². The fraction of sp³-hybridized carbons (Fsp3) is 0.222. The highest BCUT2D eigenvalue weighted by atomic mass is 16.6. The van der Waals surface area contributed by atoms with E-state index in [4.69, 9.17) is 0 Å². The molecule has 1 aliphatic rings. The summed E-state index contributed by atoms with van der Waals surface area (Å²) in [6.07, 6.45) is 0. The number of carbonyl (C=O) groups excluding carboxylic acids is 1. The number of benzene rings is 2. The molecule has 1 N–H and O–H groups in total. The second kappa shape index (κ2) is 6.47. The van der Waals surface area contributed by atoms with Gasteiger partial charge in [-0.05, 0) is 18.2 Å². The van der Waals surface area contributed by atoms with Crippen molar-refractivity contribution in [3.8, 4) is 0 Å². The Bertz CT molecular complexity index is 958. The van der Waals surface area contributed by atoms with Gasteiger partial charge in [0, 0.05) is 49.4 Å². The number of hydrogen-bond donors (Lipinski definition) is 1. The minimum atomic E-state index is -0.408. The van der Waals surface area contributed by atoms with Crippen molar-refractivity contribution in [2.45, 2.75) is 0 Å². The highest BCUT2D eigenvalue weighted by Crippen LogP contribution is 2.22. The Balaban J connectivity index is 1.44. The smallest absolute Gasteiger partial charge is 0.275 e. The minimum absolute atomic E-state index is 0.0768. The van der Waals surface area contributed by atoms with Gasteiger partial charge in [-0.2, -0.15) is 5.10 Å². The molecule has 4 rings (SSSR count). The molecular formula is C18H17N5O3. The van der Waals surface area contributed by atoms with E-state index in [0.29, 0.717) is 31.9 Å². The zero-order valence-electron chi connectivity index (χ0n) is 14.0. The fourth-order valence-electron chi connectivity index (χ4n) is 3.23. The SMILES string of the molecule is O=C(c1n[nH]c2ccccc12)N1CCN(c2ccc([N+](=O)[O-])cc2)CC1.